The molecule has 0 fully saturated rings. The summed E-state index contributed by atoms with van der Waals surface area (Å²) in [4.78, 5) is 18.0. The van der Waals surface area contributed by atoms with E-state index in [0.717, 1.165) is 46.9 Å². The van der Waals surface area contributed by atoms with Gasteiger partial charge in [0, 0.05) is 61.3 Å². The average Bonchev–Trinajstić information content (AvgIpc) is 2.98. The van der Waals surface area contributed by atoms with Crippen LogP contribution in [-0.4, -0.2) is 32.1 Å². The highest BCUT2D eigenvalue weighted by Gasteiger charge is 2.25. The van der Waals surface area contributed by atoms with Gasteiger partial charge in [0.1, 0.15) is 0 Å². The topological polar surface area (TPSA) is 63.1 Å². The Morgan fingerprint density at radius 1 is 1.19 bits per heavy atom. The van der Waals surface area contributed by atoms with E-state index in [1.165, 1.54) is 5.69 Å². The second-order valence-electron chi connectivity index (χ2n) is 6.93. The van der Waals surface area contributed by atoms with E-state index in [0.29, 0.717) is 6.54 Å². The third-order valence-electron chi connectivity index (χ3n) is 5.15. The van der Waals surface area contributed by atoms with Crippen molar-refractivity contribution >= 4 is 17.4 Å². The van der Waals surface area contributed by atoms with E-state index in [4.69, 9.17) is 0 Å². The van der Waals surface area contributed by atoms with E-state index in [2.05, 4.69) is 45.7 Å². The standard InChI is InChI=1S/C21H23N5O/c1-14-18(5-4-11-22-14)16-6-8-17(9-7-16)23-21-19-13-26(15(2)27)12-10-20(19)25(3)24-21/h4-9,11H,10,12-13H2,1-3H3,(H,23,24). The molecule has 0 saturated carbocycles. The third-order valence-corrected chi connectivity index (χ3v) is 5.15. The summed E-state index contributed by atoms with van der Waals surface area (Å²) >= 11 is 0. The number of aromatic nitrogens is 3. The number of nitrogens with one attached hydrogen (secondary N) is 1. The number of carbonyl (C=O) groups is 1. The lowest BCUT2D eigenvalue weighted by Gasteiger charge is -2.26. The first-order chi connectivity index (χ1) is 13.0. The number of hydrogen-bond donors (Lipinski definition) is 1. The molecular weight excluding hydrogens is 338 g/mol. The van der Waals surface area contributed by atoms with Crippen LogP contribution < -0.4 is 5.32 Å². The molecule has 0 unspecified atom stereocenters. The van der Waals surface area contributed by atoms with Crippen LogP contribution in [-0.2, 0) is 24.8 Å². The number of rotatable bonds is 3. The van der Waals surface area contributed by atoms with Crippen LogP contribution >= 0.6 is 0 Å². The molecule has 3 heterocycles. The molecule has 3 aromatic rings. The van der Waals surface area contributed by atoms with Gasteiger partial charge in [-0.25, -0.2) is 0 Å². The van der Waals surface area contributed by atoms with Gasteiger partial charge in [-0.2, -0.15) is 5.10 Å². The van der Waals surface area contributed by atoms with Crippen LogP contribution in [0.4, 0.5) is 11.5 Å². The molecule has 4 rings (SSSR count). The Balaban J connectivity index is 1.59. The number of carbonyl (C=O) groups excluding carboxylic acids is 1. The quantitative estimate of drug-likeness (QED) is 0.776. The minimum atomic E-state index is 0.103. The smallest absolute Gasteiger partial charge is 0.219 e. The summed E-state index contributed by atoms with van der Waals surface area (Å²) < 4.78 is 1.92. The predicted octanol–water partition coefficient (Wildman–Crippen LogP) is 3.44. The van der Waals surface area contributed by atoms with Gasteiger partial charge in [-0.1, -0.05) is 18.2 Å². The van der Waals surface area contributed by atoms with Crippen LogP contribution in [0.1, 0.15) is 23.9 Å². The van der Waals surface area contributed by atoms with Crippen molar-refractivity contribution in [2.45, 2.75) is 26.8 Å². The molecule has 0 radical (unpaired) electrons. The highest BCUT2D eigenvalue weighted by molar-refractivity contribution is 5.74. The summed E-state index contributed by atoms with van der Waals surface area (Å²) in [6.45, 7) is 4.99. The van der Waals surface area contributed by atoms with E-state index in [9.17, 15) is 4.79 Å². The summed E-state index contributed by atoms with van der Waals surface area (Å²) in [5.74, 6) is 0.926. The van der Waals surface area contributed by atoms with Crippen LogP contribution in [0.3, 0.4) is 0 Å². The highest BCUT2D eigenvalue weighted by atomic mass is 16.2. The molecule has 1 aliphatic heterocycles. The zero-order valence-corrected chi connectivity index (χ0v) is 15.9. The minimum absolute atomic E-state index is 0.103. The molecule has 1 aromatic carbocycles. The first-order valence-electron chi connectivity index (χ1n) is 9.12. The van der Waals surface area contributed by atoms with E-state index in [-0.39, 0.29) is 5.91 Å². The largest absolute Gasteiger partial charge is 0.338 e. The zero-order valence-electron chi connectivity index (χ0n) is 15.9. The molecule has 0 aliphatic carbocycles. The van der Waals surface area contributed by atoms with Crippen LogP contribution in [0.5, 0.6) is 0 Å². The molecule has 0 bridgehead atoms. The number of amides is 1. The zero-order chi connectivity index (χ0) is 19.0. The van der Waals surface area contributed by atoms with Gasteiger partial charge in [-0.15, -0.1) is 0 Å². The normalized spacial score (nSPS) is 13.4. The Morgan fingerprint density at radius 2 is 1.96 bits per heavy atom. The molecule has 1 N–H and O–H groups in total. The van der Waals surface area contributed by atoms with Gasteiger partial charge in [0.2, 0.25) is 5.91 Å². The third kappa shape index (κ3) is 3.30. The maximum absolute atomic E-state index is 11.8. The number of aryl methyl sites for hydroxylation is 2. The van der Waals surface area contributed by atoms with Gasteiger partial charge in [-0.05, 0) is 30.7 Å². The summed E-state index contributed by atoms with van der Waals surface area (Å²) in [5.41, 5.74) is 6.56. The first-order valence-corrected chi connectivity index (χ1v) is 9.12. The minimum Gasteiger partial charge on any atom is -0.338 e. The molecule has 2 aromatic heterocycles. The van der Waals surface area contributed by atoms with Crippen molar-refractivity contribution in [3.05, 3.63) is 59.5 Å². The van der Waals surface area contributed by atoms with Crippen molar-refractivity contribution in [3.8, 4) is 11.1 Å². The fraction of sp³-hybridized carbons (Fsp3) is 0.286. The molecule has 0 atom stereocenters. The fourth-order valence-corrected chi connectivity index (χ4v) is 3.62. The first kappa shape index (κ1) is 17.3. The number of anilines is 2. The molecule has 27 heavy (non-hydrogen) atoms. The van der Waals surface area contributed by atoms with Gasteiger partial charge >= 0.3 is 0 Å². The predicted molar refractivity (Wildman–Crippen MR) is 106 cm³/mol. The summed E-state index contributed by atoms with van der Waals surface area (Å²) in [6.07, 6.45) is 2.64. The van der Waals surface area contributed by atoms with Gasteiger partial charge in [0.25, 0.3) is 0 Å². The van der Waals surface area contributed by atoms with E-state index < -0.39 is 0 Å². The Hall–Kier alpha value is -3.15. The SMILES string of the molecule is CC(=O)N1CCc2c(c(Nc3ccc(-c4cccnc4C)cc3)nn2C)C1. The summed E-state index contributed by atoms with van der Waals surface area (Å²) in [6, 6.07) is 12.3. The van der Waals surface area contributed by atoms with Crippen LogP contribution in [0.15, 0.2) is 42.6 Å². The van der Waals surface area contributed by atoms with Gasteiger partial charge in [0.05, 0.1) is 6.54 Å². The maximum atomic E-state index is 11.8. The average molecular weight is 361 g/mol. The van der Waals surface area contributed by atoms with E-state index >= 15 is 0 Å². The summed E-state index contributed by atoms with van der Waals surface area (Å²) in [7, 11) is 1.96. The number of hydrogen-bond acceptors (Lipinski definition) is 4. The van der Waals surface area contributed by atoms with Gasteiger partial charge in [0.15, 0.2) is 5.82 Å². The number of nitrogens with zero attached hydrogens (tertiary/aromatic N) is 4. The molecular formula is C21H23N5O. The fourth-order valence-electron chi connectivity index (χ4n) is 3.62. The Labute approximate surface area is 158 Å². The molecule has 0 spiro atoms. The molecule has 138 valence electrons. The Kier molecular flexibility index (Phi) is 4.39. The van der Waals surface area contributed by atoms with Crippen molar-refractivity contribution < 1.29 is 4.79 Å². The molecule has 1 aliphatic rings. The number of fused-ring (bicyclic) bond motifs is 1. The molecule has 6 heteroatoms. The van der Waals surface area contributed by atoms with Gasteiger partial charge in [-0.3, -0.25) is 14.5 Å². The molecule has 1 amide bonds. The van der Waals surface area contributed by atoms with Crippen LogP contribution in [0.25, 0.3) is 11.1 Å². The second-order valence-corrected chi connectivity index (χ2v) is 6.93. The molecule has 0 saturated heterocycles. The van der Waals surface area contributed by atoms with Crippen molar-refractivity contribution in [1.29, 1.82) is 0 Å². The van der Waals surface area contributed by atoms with Crippen molar-refractivity contribution in [3.63, 3.8) is 0 Å². The monoisotopic (exact) mass is 361 g/mol. The Morgan fingerprint density at radius 3 is 2.67 bits per heavy atom. The van der Waals surface area contributed by atoms with Gasteiger partial charge < -0.3 is 10.2 Å². The lowest BCUT2D eigenvalue weighted by Crippen LogP contribution is -2.34. The van der Waals surface area contributed by atoms with Crippen molar-refractivity contribution in [1.82, 2.24) is 19.7 Å². The number of benzene rings is 1. The summed E-state index contributed by atoms with van der Waals surface area (Å²) in [5, 5.41) is 8.05. The molecule has 6 nitrogen and oxygen atoms in total. The van der Waals surface area contributed by atoms with Crippen molar-refractivity contribution in [2.24, 2.45) is 7.05 Å². The van der Waals surface area contributed by atoms with E-state index in [1.54, 1.807) is 6.92 Å². The lowest BCUT2D eigenvalue weighted by molar-refractivity contribution is -0.129. The Bertz CT molecular complexity index is 990. The second kappa shape index (κ2) is 6.87. The maximum Gasteiger partial charge on any atom is 0.219 e. The van der Waals surface area contributed by atoms with Crippen molar-refractivity contribution in [2.75, 3.05) is 11.9 Å². The number of pyridine rings is 1. The van der Waals surface area contributed by atoms with Crippen LogP contribution in [0, 0.1) is 6.92 Å². The van der Waals surface area contributed by atoms with Crippen LogP contribution in [0.2, 0.25) is 0 Å². The van der Waals surface area contributed by atoms with E-state index in [1.807, 2.05) is 35.8 Å². The highest BCUT2D eigenvalue weighted by Crippen LogP contribution is 2.29. The lowest BCUT2D eigenvalue weighted by atomic mass is 10.0.